The van der Waals surface area contributed by atoms with Crippen LogP contribution in [0.5, 0.6) is 0 Å². The summed E-state index contributed by atoms with van der Waals surface area (Å²) >= 11 is 0. The van der Waals surface area contributed by atoms with Crippen LogP contribution in [0.1, 0.15) is 6.92 Å². The predicted molar refractivity (Wildman–Crippen MR) is 15.3 cm³/mol. The van der Waals surface area contributed by atoms with Gasteiger partial charge in [0.1, 0.15) is 0 Å². The Labute approximate surface area is 28.9 Å². The molecule has 0 aromatic heterocycles. The Kier molecular flexibility index (Phi) is 6.76. The molecule has 0 saturated heterocycles. The lowest BCUT2D eigenvalue weighted by molar-refractivity contribution is 0.171. The van der Waals surface area contributed by atoms with Gasteiger partial charge in [-0.2, -0.15) is 0 Å². The van der Waals surface area contributed by atoms with E-state index in [-0.39, 0.29) is 5.48 Å². The summed E-state index contributed by atoms with van der Waals surface area (Å²) < 4.78 is 20.7. The van der Waals surface area contributed by atoms with E-state index >= 15 is 0 Å². The van der Waals surface area contributed by atoms with Gasteiger partial charge < -0.3 is 5.48 Å². The lowest BCUT2D eigenvalue weighted by Gasteiger charge is -1.70. The first-order chi connectivity index (χ1) is 1.73. The molecular weight excluding hydrogens is 78.0 g/mol. The molecule has 0 aliphatic rings. The molecule has 0 saturated carbocycles. The summed E-state index contributed by atoms with van der Waals surface area (Å²) in [4.78, 5) is 0. The zero-order valence-corrected chi connectivity index (χ0v) is 2.83. The molecule has 0 unspecified atom stereocenters. The zero-order chi connectivity index (χ0) is 3.58. The van der Waals surface area contributed by atoms with Gasteiger partial charge in [-0.3, -0.25) is 0 Å². The van der Waals surface area contributed by atoms with E-state index in [0.29, 0.717) is 0 Å². The Morgan fingerprint density at radius 2 is 1.40 bits per heavy atom. The molecule has 3 heteroatoms. The average Bonchev–Trinajstić information content (AvgIpc) is 0.811. The SMILES string of the molecule is CC(F)F.O. The van der Waals surface area contributed by atoms with Crippen LogP contribution in [0.25, 0.3) is 0 Å². The molecular formula is C2H6F2O. The van der Waals surface area contributed by atoms with Crippen LogP contribution in [0.4, 0.5) is 8.78 Å². The molecule has 0 amide bonds. The van der Waals surface area contributed by atoms with E-state index in [4.69, 9.17) is 0 Å². The highest BCUT2D eigenvalue weighted by molar-refractivity contribution is 4.06. The fourth-order valence-electron chi connectivity index (χ4n) is 0. The van der Waals surface area contributed by atoms with E-state index in [2.05, 4.69) is 0 Å². The second kappa shape index (κ2) is 3.82. The smallest absolute Gasteiger partial charge is 0.235 e. The largest absolute Gasteiger partial charge is 0.412 e. The molecule has 0 aromatic carbocycles. The molecule has 0 heterocycles. The van der Waals surface area contributed by atoms with E-state index in [9.17, 15) is 8.78 Å². The van der Waals surface area contributed by atoms with E-state index in [1.54, 1.807) is 0 Å². The van der Waals surface area contributed by atoms with Crippen molar-refractivity contribution < 1.29 is 14.3 Å². The molecule has 0 aromatic rings. The first-order valence-electron chi connectivity index (χ1n) is 1.01. The summed E-state index contributed by atoms with van der Waals surface area (Å²) in [5.41, 5.74) is 0. The number of halogens is 2. The molecule has 0 bridgehead atoms. The zero-order valence-electron chi connectivity index (χ0n) is 2.83. The maximum absolute atomic E-state index is 10.3. The molecule has 0 aliphatic heterocycles. The lowest BCUT2D eigenvalue weighted by atomic mass is 10.9. The molecule has 0 atom stereocenters. The topological polar surface area (TPSA) is 31.5 Å². The highest BCUT2D eigenvalue weighted by atomic mass is 19.3. The average molecular weight is 84.1 g/mol. The summed E-state index contributed by atoms with van der Waals surface area (Å²) in [6.45, 7) is 0.833. The van der Waals surface area contributed by atoms with Gasteiger partial charge in [0.15, 0.2) is 0 Å². The van der Waals surface area contributed by atoms with E-state index in [1.165, 1.54) is 0 Å². The standard InChI is InChI=1S/C2H4F2.H2O/c1-2(3)4;/h2H,1H3;1H2. The van der Waals surface area contributed by atoms with Crippen molar-refractivity contribution in [2.24, 2.45) is 0 Å². The highest BCUT2D eigenvalue weighted by Gasteiger charge is 1.79. The van der Waals surface area contributed by atoms with E-state index in [0.717, 1.165) is 6.92 Å². The van der Waals surface area contributed by atoms with Crippen molar-refractivity contribution in [3.05, 3.63) is 0 Å². The van der Waals surface area contributed by atoms with Gasteiger partial charge in [-0.05, 0) is 6.92 Å². The van der Waals surface area contributed by atoms with Crippen molar-refractivity contribution >= 4 is 0 Å². The summed E-state index contributed by atoms with van der Waals surface area (Å²) in [5.74, 6) is 0. The van der Waals surface area contributed by atoms with Crippen LogP contribution in [-0.2, 0) is 0 Å². The van der Waals surface area contributed by atoms with Gasteiger partial charge >= 0.3 is 0 Å². The van der Waals surface area contributed by atoms with Crippen LogP contribution in [0.3, 0.4) is 0 Å². The molecule has 1 nitrogen and oxygen atoms in total. The molecule has 0 rings (SSSR count). The van der Waals surface area contributed by atoms with Gasteiger partial charge in [0.05, 0.1) is 0 Å². The van der Waals surface area contributed by atoms with E-state index < -0.39 is 6.43 Å². The van der Waals surface area contributed by atoms with Crippen molar-refractivity contribution in [2.45, 2.75) is 13.3 Å². The van der Waals surface area contributed by atoms with Gasteiger partial charge in [0.25, 0.3) is 0 Å². The van der Waals surface area contributed by atoms with Crippen molar-refractivity contribution in [1.29, 1.82) is 0 Å². The third-order valence-corrected chi connectivity index (χ3v) is 0. The quantitative estimate of drug-likeness (QED) is 0.408. The minimum absolute atomic E-state index is 0. The Bertz CT molecular complexity index is 12.4. The van der Waals surface area contributed by atoms with Gasteiger partial charge in [-0.25, -0.2) is 8.78 Å². The number of alkyl halides is 2. The fourth-order valence-corrected chi connectivity index (χ4v) is 0. The van der Waals surface area contributed by atoms with Crippen LogP contribution < -0.4 is 0 Å². The van der Waals surface area contributed by atoms with Crippen molar-refractivity contribution in [2.75, 3.05) is 0 Å². The van der Waals surface area contributed by atoms with Crippen LogP contribution >= 0.6 is 0 Å². The second-order valence-corrected chi connectivity index (χ2v) is 0.519. The lowest BCUT2D eigenvalue weighted by Crippen LogP contribution is -1.69. The molecule has 0 fully saturated rings. The predicted octanol–water partition coefficient (Wildman–Crippen LogP) is 0.447. The van der Waals surface area contributed by atoms with Crippen molar-refractivity contribution in [3.8, 4) is 0 Å². The molecule has 34 valence electrons. The Hall–Kier alpha value is -0.180. The minimum Gasteiger partial charge on any atom is -0.412 e. The number of rotatable bonds is 0. The van der Waals surface area contributed by atoms with Crippen LogP contribution in [0, 0.1) is 0 Å². The van der Waals surface area contributed by atoms with Gasteiger partial charge in [0, 0.05) is 0 Å². The van der Waals surface area contributed by atoms with Crippen molar-refractivity contribution in [3.63, 3.8) is 0 Å². The third-order valence-electron chi connectivity index (χ3n) is 0. The van der Waals surface area contributed by atoms with E-state index in [1.807, 2.05) is 0 Å². The second-order valence-electron chi connectivity index (χ2n) is 0.519. The monoisotopic (exact) mass is 84.0 g/mol. The van der Waals surface area contributed by atoms with Gasteiger partial charge in [-0.1, -0.05) is 0 Å². The third kappa shape index (κ3) is 391. The summed E-state index contributed by atoms with van der Waals surface area (Å²) in [5, 5.41) is 0. The maximum atomic E-state index is 10.3. The van der Waals surface area contributed by atoms with Crippen molar-refractivity contribution in [1.82, 2.24) is 0 Å². The summed E-state index contributed by atoms with van der Waals surface area (Å²) in [6.07, 6.45) is -2.17. The summed E-state index contributed by atoms with van der Waals surface area (Å²) in [6, 6.07) is 0. The normalized spacial score (nSPS) is 7.20. The van der Waals surface area contributed by atoms with Gasteiger partial charge in [0.2, 0.25) is 6.43 Å². The Morgan fingerprint density at radius 1 is 1.40 bits per heavy atom. The van der Waals surface area contributed by atoms with Crippen LogP contribution in [-0.4, -0.2) is 11.9 Å². The molecule has 0 aliphatic carbocycles. The maximum Gasteiger partial charge on any atom is 0.235 e. The molecule has 2 N–H and O–H groups in total. The molecule has 0 spiro atoms. The molecule has 5 heavy (non-hydrogen) atoms. The first-order valence-corrected chi connectivity index (χ1v) is 1.01. The fraction of sp³-hybridized carbons (Fsp3) is 1.00. The van der Waals surface area contributed by atoms with Crippen LogP contribution in [0.15, 0.2) is 0 Å². The Morgan fingerprint density at radius 3 is 1.40 bits per heavy atom. The minimum atomic E-state index is -2.17. The van der Waals surface area contributed by atoms with Crippen LogP contribution in [0.2, 0.25) is 0 Å². The number of hydrogen-bond donors (Lipinski definition) is 0. The van der Waals surface area contributed by atoms with Gasteiger partial charge in [-0.15, -0.1) is 0 Å². The Balaban J connectivity index is 0. The molecule has 0 radical (unpaired) electrons. The summed E-state index contributed by atoms with van der Waals surface area (Å²) in [7, 11) is 0. The first kappa shape index (κ1) is 8.84. The number of hydrogen-bond acceptors (Lipinski definition) is 0. The highest BCUT2D eigenvalue weighted by Crippen LogP contribution is 1.82.